The summed E-state index contributed by atoms with van der Waals surface area (Å²) in [7, 11) is 1.43. The second-order valence-electron chi connectivity index (χ2n) is 9.09. The van der Waals surface area contributed by atoms with Gasteiger partial charge in [0.2, 0.25) is 5.91 Å². The van der Waals surface area contributed by atoms with Crippen molar-refractivity contribution >= 4 is 35.0 Å². The average molecular weight is 555 g/mol. The normalized spacial score (nSPS) is 14.7. The van der Waals surface area contributed by atoms with Crippen LogP contribution in [0.2, 0.25) is 0 Å². The molecule has 3 aromatic rings. The number of thioether (sulfide) groups is 1. The summed E-state index contributed by atoms with van der Waals surface area (Å²) in [6.07, 6.45) is 0.910. The number of phenols is 1. The zero-order chi connectivity index (χ0) is 28.6. The van der Waals surface area contributed by atoms with Crippen LogP contribution >= 0.6 is 11.8 Å². The van der Waals surface area contributed by atoms with Crippen LogP contribution in [0.3, 0.4) is 0 Å². The van der Waals surface area contributed by atoms with Crippen LogP contribution in [-0.4, -0.2) is 29.8 Å². The van der Waals surface area contributed by atoms with E-state index in [4.69, 9.17) is 4.74 Å². The summed E-state index contributed by atoms with van der Waals surface area (Å²) in [5, 5.41) is 29.9. The van der Waals surface area contributed by atoms with Gasteiger partial charge in [-0.25, -0.2) is 0 Å². The monoisotopic (exact) mass is 554 g/mol. The number of dihydropyridines is 1. The molecule has 0 fully saturated rings. The number of hydrogen-bond acceptors (Lipinski definition) is 7. The van der Waals surface area contributed by atoms with Gasteiger partial charge >= 0.3 is 0 Å². The van der Waals surface area contributed by atoms with Crippen molar-refractivity contribution in [2.75, 3.05) is 23.5 Å². The molecule has 0 radical (unpaired) electrons. The maximum absolute atomic E-state index is 13.6. The number of rotatable bonds is 9. The number of carbonyl (C=O) groups is 2. The van der Waals surface area contributed by atoms with E-state index in [-0.39, 0.29) is 34.6 Å². The molecule has 0 saturated carbocycles. The lowest BCUT2D eigenvalue weighted by Crippen LogP contribution is -2.31. The third kappa shape index (κ3) is 6.47. The van der Waals surface area contributed by atoms with Crippen molar-refractivity contribution in [2.24, 2.45) is 0 Å². The molecular formula is C31H30N4O4S. The summed E-state index contributed by atoms with van der Waals surface area (Å²) >= 11 is 1.19. The van der Waals surface area contributed by atoms with E-state index in [1.165, 1.54) is 30.5 Å². The Morgan fingerprint density at radius 2 is 1.75 bits per heavy atom. The molecular weight excluding hydrogens is 524 g/mol. The molecule has 1 aliphatic rings. The molecule has 1 unspecified atom stereocenters. The summed E-state index contributed by atoms with van der Waals surface area (Å²) in [5.41, 5.74) is 4.24. The number of nitrogens with zero attached hydrogens (tertiary/aromatic N) is 1. The van der Waals surface area contributed by atoms with Crippen LogP contribution in [-0.2, 0) is 16.0 Å². The van der Waals surface area contributed by atoms with E-state index >= 15 is 0 Å². The number of amides is 2. The number of hydrogen-bond donors (Lipinski definition) is 4. The first-order valence-corrected chi connectivity index (χ1v) is 13.7. The van der Waals surface area contributed by atoms with Crippen molar-refractivity contribution in [1.82, 2.24) is 5.32 Å². The van der Waals surface area contributed by atoms with Gasteiger partial charge in [0.05, 0.1) is 35.5 Å². The molecule has 0 aliphatic carbocycles. The quantitative estimate of drug-likeness (QED) is 0.269. The van der Waals surface area contributed by atoms with Gasteiger partial charge in [0.1, 0.15) is 0 Å². The average Bonchev–Trinajstić information content (AvgIpc) is 2.96. The van der Waals surface area contributed by atoms with Crippen molar-refractivity contribution in [3.05, 3.63) is 106 Å². The number of methoxy groups -OCH3 is 1. The molecule has 8 nitrogen and oxygen atoms in total. The number of ether oxygens (including phenoxy) is 1. The zero-order valence-electron chi connectivity index (χ0n) is 22.4. The van der Waals surface area contributed by atoms with Gasteiger partial charge in [-0.15, -0.1) is 0 Å². The fraction of sp³-hybridized carbons (Fsp3) is 0.194. The van der Waals surface area contributed by atoms with E-state index in [0.29, 0.717) is 33.2 Å². The standard InChI is InChI=1S/C31H30N4O4S/c1-4-20-10-13-23(14-11-20)34-27(37)18-40-31-24(17-32)29(21-12-15-25(36)26(16-21)39-3)28(19(2)33-31)30(38)35-22-8-6-5-7-9-22/h5-16,29,33,36H,4,18H2,1-3H3,(H,34,37)(H,35,38). The fourth-order valence-corrected chi connectivity index (χ4v) is 5.30. The third-order valence-electron chi connectivity index (χ3n) is 6.45. The Kier molecular flexibility index (Phi) is 9.15. The first-order chi connectivity index (χ1) is 19.3. The Hall–Kier alpha value is -4.68. The highest BCUT2D eigenvalue weighted by Crippen LogP contribution is 2.43. The van der Waals surface area contributed by atoms with Crippen LogP contribution in [0, 0.1) is 11.3 Å². The highest BCUT2D eigenvalue weighted by molar-refractivity contribution is 8.03. The Labute approximate surface area is 237 Å². The summed E-state index contributed by atoms with van der Waals surface area (Å²) in [5.74, 6) is -1.16. The van der Waals surface area contributed by atoms with Gasteiger partial charge in [0, 0.05) is 22.6 Å². The second kappa shape index (κ2) is 12.9. The SMILES string of the molecule is CCc1ccc(NC(=O)CSC2=C(C#N)C(c3ccc(O)c(OC)c3)C(C(=O)Nc3ccccc3)=C(C)N2)cc1. The van der Waals surface area contributed by atoms with Gasteiger partial charge in [0.15, 0.2) is 11.5 Å². The first kappa shape index (κ1) is 28.3. The van der Waals surface area contributed by atoms with Gasteiger partial charge in [0.25, 0.3) is 5.91 Å². The number of aryl methyl sites for hydroxylation is 1. The number of para-hydroxylation sites is 1. The molecule has 0 bridgehead atoms. The molecule has 1 aliphatic heterocycles. The highest BCUT2D eigenvalue weighted by Gasteiger charge is 2.35. The van der Waals surface area contributed by atoms with Crippen LogP contribution in [0.15, 0.2) is 94.7 Å². The lowest BCUT2D eigenvalue weighted by molar-refractivity contribution is -0.114. The Morgan fingerprint density at radius 1 is 1.05 bits per heavy atom. The molecule has 3 aromatic carbocycles. The smallest absolute Gasteiger partial charge is 0.254 e. The topological polar surface area (TPSA) is 123 Å². The molecule has 204 valence electrons. The number of nitriles is 1. The van der Waals surface area contributed by atoms with E-state index < -0.39 is 5.92 Å². The summed E-state index contributed by atoms with van der Waals surface area (Å²) in [4.78, 5) is 26.3. The van der Waals surface area contributed by atoms with Crippen molar-refractivity contribution in [1.29, 1.82) is 5.26 Å². The number of benzene rings is 3. The Bertz CT molecular complexity index is 1510. The van der Waals surface area contributed by atoms with Gasteiger partial charge < -0.3 is 25.8 Å². The summed E-state index contributed by atoms with van der Waals surface area (Å²) in [6.45, 7) is 3.82. The molecule has 1 atom stereocenters. The number of aromatic hydroxyl groups is 1. The number of allylic oxidation sites excluding steroid dienone is 2. The van der Waals surface area contributed by atoms with Gasteiger partial charge in [-0.2, -0.15) is 5.26 Å². The lowest BCUT2D eigenvalue weighted by atomic mass is 9.82. The minimum absolute atomic E-state index is 0.0491. The van der Waals surface area contributed by atoms with E-state index in [1.54, 1.807) is 31.2 Å². The van der Waals surface area contributed by atoms with Crippen molar-refractivity contribution in [3.8, 4) is 17.6 Å². The molecule has 4 rings (SSSR count). The molecule has 0 spiro atoms. The minimum atomic E-state index is -0.767. The van der Waals surface area contributed by atoms with Gasteiger partial charge in [-0.3, -0.25) is 9.59 Å². The third-order valence-corrected chi connectivity index (χ3v) is 7.47. The maximum atomic E-state index is 13.6. The zero-order valence-corrected chi connectivity index (χ0v) is 23.3. The van der Waals surface area contributed by atoms with Crippen LogP contribution in [0.4, 0.5) is 11.4 Å². The highest BCUT2D eigenvalue weighted by atomic mass is 32.2. The van der Waals surface area contributed by atoms with E-state index in [0.717, 1.165) is 6.42 Å². The van der Waals surface area contributed by atoms with Crippen molar-refractivity contribution in [2.45, 2.75) is 26.2 Å². The van der Waals surface area contributed by atoms with Crippen LogP contribution < -0.4 is 20.7 Å². The summed E-state index contributed by atoms with van der Waals surface area (Å²) < 4.78 is 5.30. The van der Waals surface area contributed by atoms with Crippen LogP contribution in [0.1, 0.15) is 30.9 Å². The number of anilines is 2. The number of carbonyl (C=O) groups excluding carboxylic acids is 2. The molecule has 0 saturated heterocycles. The fourth-order valence-electron chi connectivity index (χ4n) is 4.41. The molecule has 0 aromatic heterocycles. The Morgan fingerprint density at radius 3 is 2.40 bits per heavy atom. The lowest BCUT2D eigenvalue weighted by Gasteiger charge is -2.30. The van der Waals surface area contributed by atoms with Crippen molar-refractivity contribution < 1.29 is 19.4 Å². The van der Waals surface area contributed by atoms with Crippen molar-refractivity contribution in [3.63, 3.8) is 0 Å². The number of nitrogens with one attached hydrogen (secondary N) is 3. The van der Waals surface area contributed by atoms with E-state index in [9.17, 15) is 20.0 Å². The first-order valence-electron chi connectivity index (χ1n) is 12.7. The molecule has 1 heterocycles. The second-order valence-corrected chi connectivity index (χ2v) is 10.1. The van der Waals surface area contributed by atoms with E-state index in [1.807, 2.05) is 42.5 Å². The molecule has 9 heteroatoms. The predicted molar refractivity (Wildman–Crippen MR) is 158 cm³/mol. The molecule has 40 heavy (non-hydrogen) atoms. The van der Waals surface area contributed by atoms with Gasteiger partial charge in [-0.05, 0) is 60.9 Å². The summed E-state index contributed by atoms with van der Waals surface area (Å²) in [6, 6.07) is 23.7. The van der Waals surface area contributed by atoms with E-state index in [2.05, 4.69) is 28.9 Å². The largest absolute Gasteiger partial charge is 0.504 e. The van der Waals surface area contributed by atoms with Gasteiger partial charge in [-0.1, -0.05) is 55.1 Å². The molecule has 2 amide bonds. The molecule has 4 N–H and O–H groups in total. The maximum Gasteiger partial charge on any atom is 0.254 e. The number of phenolic OH excluding ortho intramolecular Hbond substituents is 1. The Balaban J connectivity index is 1.64. The predicted octanol–water partition coefficient (Wildman–Crippen LogP) is 5.67. The van der Waals surface area contributed by atoms with Crippen LogP contribution in [0.5, 0.6) is 11.5 Å². The minimum Gasteiger partial charge on any atom is -0.504 e. The van der Waals surface area contributed by atoms with Crippen LogP contribution in [0.25, 0.3) is 0 Å².